The number of benzene rings is 2. The Kier molecular flexibility index (Phi) is 3.43. The van der Waals surface area contributed by atoms with Crippen LogP contribution in [0, 0.1) is 5.82 Å². The fourth-order valence-electron chi connectivity index (χ4n) is 2.28. The van der Waals surface area contributed by atoms with E-state index in [1.807, 2.05) is 0 Å². The monoisotopic (exact) mass is 350 g/mol. The van der Waals surface area contributed by atoms with E-state index in [0.29, 0.717) is 21.1 Å². The minimum atomic E-state index is -0.523. The van der Waals surface area contributed by atoms with Crippen molar-refractivity contribution in [2.75, 3.05) is 0 Å². The lowest BCUT2D eigenvalue weighted by molar-refractivity contribution is 0.527. The number of halogens is 2. The fraction of sp³-hybridized carbons (Fsp3) is 0.133. The predicted octanol–water partition coefficient (Wildman–Crippen LogP) is 3.08. The molecule has 0 saturated carbocycles. The quantitative estimate of drug-likeness (QED) is 0.772. The first kappa shape index (κ1) is 14.0. The molecule has 1 unspecified atom stereocenters. The van der Waals surface area contributed by atoms with Crippen molar-refractivity contribution < 1.29 is 8.81 Å². The smallest absolute Gasteiger partial charge is 0.408 e. The van der Waals surface area contributed by atoms with Crippen molar-refractivity contribution in [3.05, 3.63) is 68.4 Å². The van der Waals surface area contributed by atoms with Crippen LogP contribution in [0.4, 0.5) is 4.39 Å². The normalized spacial score (nSPS) is 12.8. The van der Waals surface area contributed by atoms with Gasteiger partial charge in [0.15, 0.2) is 5.58 Å². The molecule has 6 heteroatoms. The molecule has 0 radical (unpaired) electrons. The van der Waals surface area contributed by atoms with Gasteiger partial charge in [-0.3, -0.25) is 4.57 Å². The first-order valence-corrected chi connectivity index (χ1v) is 7.07. The maximum absolute atomic E-state index is 13.6. The van der Waals surface area contributed by atoms with Crippen LogP contribution >= 0.6 is 15.9 Å². The highest BCUT2D eigenvalue weighted by molar-refractivity contribution is 9.10. The first-order chi connectivity index (χ1) is 9.99. The van der Waals surface area contributed by atoms with Gasteiger partial charge in [-0.1, -0.05) is 18.2 Å². The zero-order chi connectivity index (χ0) is 15.1. The number of aryl methyl sites for hydroxylation is 1. The molecule has 0 spiro atoms. The molecule has 1 atom stereocenters. The molecule has 2 N–H and O–H groups in total. The molecule has 1 heterocycles. The number of fused-ring (bicyclic) bond motifs is 1. The standard InChI is InChI=1S/C15H12BrFN2O2/c1-19-11-6-5-8(7-12(11)21-15(19)20)14(18)9-3-2-4-10(17)13(9)16/h2-7,14H,18H2,1H3. The van der Waals surface area contributed by atoms with Gasteiger partial charge in [0.25, 0.3) is 0 Å². The second kappa shape index (κ2) is 5.13. The lowest BCUT2D eigenvalue weighted by Gasteiger charge is -2.14. The second-order valence-corrected chi connectivity index (χ2v) is 5.57. The summed E-state index contributed by atoms with van der Waals surface area (Å²) in [6.07, 6.45) is 0. The third-order valence-corrected chi connectivity index (χ3v) is 4.33. The van der Waals surface area contributed by atoms with E-state index in [4.69, 9.17) is 10.2 Å². The minimum absolute atomic E-state index is 0.340. The molecular formula is C15H12BrFN2O2. The van der Waals surface area contributed by atoms with E-state index in [1.165, 1.54) is 10.6 Å². The van der Waals surface area contributed by atoms with Crippen LogP contribution in [0.25, 0.3) is 11.1 Å². The molecule has 2 aromatic carbocycles. The Morgan fingerprint density at radius 1 is 1.33 bits per heavy atom. The lowest BCUT2D eigenvalue weighted by atomic mass is 9.99. The Balaban J connectivity index is 2.11. The number of hydrogen-bond donors (Lipinski definition) is 1. The van der Waals surface area contributed by atoms with Crippen molar-refractivity contribution in [1.29, 1.82) is 0 Å². The number of rotatable bonds is 2. The maximum atomic E-state index is 13.6. The zero-order valence-corrected chi connectivity index (χ0v) is 12.7. The molecule has 0 bridgehead atoms. The largest absolute Gasteiger partial charge is 0.419 e. The van der Waals surface area contributed by atoms with Crippen molar-refractivity contribution in [2.24, 2.45) is 12.8 Å². The van der Waals surface area contributed by atoms with E-state index in [0.717, 1.165) is 5.56 Å². The number of aromatic nitrogens is 1. The average Bonchev–Trinajstić information content (AvgIpc) is 2.76. The van der Waals surface area contributed by atoms with Gasteiger partial charge in [-0.15, -0.1) is 0 Å². The molecule has 1 aromatic heterocycles. The van der Waals surface area contributed by atoms with Crippen molar-refractivity contribution in [3.63, 3.8) is 0 Å². The summed E-state index contributed by atoms with van der Waals surface area (Å²) < 4.78 is 20.5. The van der Waals surface area contributed by atoms with E-state index in [9.17, 15) is 9.18 Å². The van der Waals surface area contributed by atoms with Gasteiger partial charge in [0.1, 0.15) is 5.82 Å². The summed E-state index contributed by atoms with van der Waals surface area (Å²) in [5, 5.41) is 0. The highest BCUT2D eigenvalue weighted by Crippen LogP contribution is 2.30. The Morgan fingerprint density at radius 2 is 2.10 bits per heavy atom. The molecule has 4 nitrogen and oxygen atoms in total. The molecular weight excluding hydrogens is 339 g/mol. The summed E-state index contributed by atoms with van der Waals surface area (Å²) >= 11 is 3.21. The molecule has 0 aliphatic rings. The van der Waals surface area contributed by atoms with Gasteiger partial charge in [-0.25, -0.2) is 9.18 Å². The van der Waals surface area contributed by atoms with Crippen LogP contribution in [0.15, 0.2) is 50.1 Å². The van der Waals surface area contributed by atoms with Gasteiger partial charge < -0.3 is 10.2 Å². The Labute approximate surface area is 128 Å². The molecule has 3 aromatic rings. The van der Waals surface area contributed by atoms with Gasteiger partial charge in [0, 0.05) is 7.05 Å². The van der Waals surface area contributed by atoms with Crippen LogP contribution in [0.3, 0.4) is 0 Å². The Morgan fingerprint density at radius 3 is 2.86 bits per heavy atom. The van der Waals surface area contributed by atoms with E-state index in [2.05, 4.69) is 15.9 Å². The van der Waals surface area contributed by atoms with Crippen LogP contribution < -0.4 is 11.5 Å². The second-order valence-electron chi connectivity index (χ2n) is 4.77. The van der Waals surface area contributed by atoms with Gasteiger partial charge >= 0.3 is 5.76 Å². The van der Waals surface area contributed by atoms with Gasteiger partial charge in [0.2, 0.25) is 0 Å². The minimum Gasteiger partial charge on any atom is -0.408 e. The summed E-state index contributed by atoms with van der Waals surface area (Å²) in [7, 11) is 1.64. The highest BCUT2D eigenvalue weighted by Gasteiger charge is 2.16. The maximum Gasteiger partial charge on any atom is 0.419 e. The topological polar surface area (TPSA) is 61.2 Å². The van der Waals surface area contributed by atoms with Gasteiger partial charge in [0.05, 0.1) is 16.0 Å². The van der Waals surface area contributed by atoms with E-state index < -0.39 is 11.8 Å². The summed E-state index contributed by atoms with van der Waals surface area (Å²) in [5.74, 6) is -0.794. The summed E-state index contributed by atoms with van der Waals surface area (Å²) in [6, 6.07) is 9.48. The van der Waals surface area contributed by atoms with Crippen molar-refractivity contribution in [2.45, 2.75) is 6.04 Å². The van der Waals surface area contributed by atoms with E-state index in [1.54, 1.807) is 37.4 Å². The van der Waals surface area contributed by atoms with Gasteiger partial charge in [-0.2, -0.15) is 0 Å². The van der Waals surface area contributed by atoms with Crippen LogP contribution in [0.2, 0.25) is 0 Å². The van der Waals surface area contributed by atoms with Gasteiger partial charge in [-0.05, 0) is 45.3 Å². The average molecular weight is 351 g/mol. The summed E-state index contributed by atoms with van der Waals surface area (Å²) in [4.78, 5) is 11.5. The molecule has 0 amide bonds. The van der Waals surface area contributed by atoms with E-state index in [-0.39, 0.29) is 5.82 Å². The van der Waals surface area contributed by atoms with Crippen LogP contribution in [-0.2, 0) is 7.05 Å². The summed E-state index contributed by atoms with van der Waals surface area (Å²) in [5.41, 5.74) is 8.72. The molecule has 0 aliphatic carbocycles. The SMILES string of the molecule is Cn1c(=O)oc2cc(C(N)c3cccc(F)c3Br)ccc21. The number of nitrogens with zero attached hydrogens (tertiary/aromatic N) is 1. The molecule has 3 rings (SSSR count). The predicted molar refractivity (Wildman–Crippen MR) is 81.6 cm³/mol. The number of oxazole rings is 1. The molecule has 0 saturated heterocycles. The van der Waals surface area contributed by atoms with Crippen LogP contribution in [0.5, 0.6) is 0 Å². The molecule has 0 fully saturated rings. The van der Waals surface area contributed by atoms with Crippen LogP contribution in [-0.4, -0.2) is 4.57 Å². The van der Waals surface area contributed by atoms with Crippen LogP contribution in [0.1, 0.15) is 17.2 Å². The summed E-state index contributed by atoms with van der Waals surface area (Å²) in [6.45, 7) is 0. The third kappa shape index (κ3) is 2.30. The first-order valence-electron chi connectivity index (χ1n) is 6.28. The molecule has 108 valence electrons. The number of hydrogen-bond acceptors (Lipinski definition) is 3. The Bertz CT molecular complexity index is 885. The number of nitrogens with two attached hydrogens (primary N) is 1. The van der Waals surface area contributed by atoms with Crippen molar-refractivity contribution >= 4 is 27.0 Å². The fourth-order valence-corrected chi connectivity index (χ4v) is 2.80. The molecule has 21 heavy (non-hydrogen) atoms. The Hall–Kier alpha value is -1.92. The van der Waals surface area contributed by atoms with Crippen molar-refractivity contribution in [3.8, 4) is 0 Å². The zero-order valence-electron chi connectivity index (χ0n) is 11.1. The lowest BCUT2D eigenvalue weighted by Crippen LogP contribution is -2.13. The third-order valence-electron chi connectivity index (χ3n) is 3.49. The van der Waals surface area contributed by atoms with Crippen molar-refractivity contribution in [1.82, 2.24) is 4.57 Å². The van der Waals surface area contributed by atoms with E-state index >= 15 is 0 Å². The molecule has 0 aliphatic heterocycles. The highest BCUT2D eigenvalue weighted by atomic mass is 79.9.